The molecule has 0 fully saturated rings. The molecule has 0 saturated carbocycles. The molecule has 0 bridgehead atoms. The van der Waals surface area contributed by atoms with Crippen LogP contribution in [-0.4, -0.2) is 17.9 Å². The number of carbonyl (C=O) groups excluding carboxylic acids is 1. The Balaban J connectivity index is 4.42. The van der Waals surface area contributed by atoms with E-state index in [-0.39, 0.29) is 11.5 Å². The number of Topliss-reactive ketones (excluding diaryl/α,β-unsaturated/α-hetero) is 1. The zero-order chi connectivity index (χ0) is 12.1. The lowest BCUT2D eigenvalue weighted by Crippen LogP contribution is -2.49. The largest absolute Gasteiger partial charge is 0.305 e. The van der Waals surface area contributed by atoms with Gasteiger partial charge in [0, 0.05) is 12.5 Å². The molecule has 0 aliphatic heterocycles. The van der Waals surface area contributed by atoms with Crippen LogP contribution in [0, 0.1) is 5.41 Å². The number of carbonyl (C=O) groups is 1. The highest BCUT2D eigenvalue weighted by atomic mass is 16.1. The van der Waals surface area contributed by atoms with Gasteiger partial charge in [0.15, 0.2) is 0 Å². The molecule has 2 heteroatoms. The molecule has 2 nitrogen and oxygen atoms in total. The Morgan fingerprint density at radius 1 is 1.27 bits per heavy atom. The first-order valence-electron chi connectivity index (χ1n) is 6.07. The van der Waals surface area contributed by atoms with Crippen molar-refractivity contribution in [3.63, 3.8) is 0 Å². The van der Waals surface area contributed by atoms with E-state index in [1.807, 2.05) is 0 Å². The minimum atomic E-state index is -0.0101. The first-order chi connectivity index (χ1) is 6.79. The molecular weight excluding hydrogens is 186 g/mol. The molecule has 0 heterocycles. The maximum atomic E-state index is 12.0. The van der Waals surface area contributed by atoms with Crippen molar-refractivity contribution < 1.29 is 4.79 Å². The third kappa shape index (κ3) is 5.93. The van der Waals surface area contributed by atoms with Gasteiger partial charge in [-0.1, -0.05) is 48.0 Å². The van der Waals surface area contributed by atoms with Crippen molar-refractivity contribution in [3.8, 4) is 0 Å². The van der Waals surface area contributed by atoms with Crippen LogP contribution >= 0.6 is 0 Å². The predicted octanol–water partition coefficient (Wildman–Crippen LogP) is 3.16. The van der Waals surface area contributed by atoms with E-state index < -0.39 is 0 Å². The van der Waals surface area contributed by atoms with E-state index in [9.17, 15) is 4.79 Å². The molecule has 0 saturated heterocycles. The molecule has 0 aromatic rings. The molecule has 0 unspecified atom stereocenters. The Kier molecular flexibility index (Phi) is 6.11. The van der Waals surface area contributed by atoms with Gasteiger partial charge in [-0.15, -0.1) is 0 Å². The van der Waals surface area contributed by atoms with Crippen LogP contribution in [0.15, 0.2) is 0 Å². The van der Waals surface area contributed by atoms with Crippen molar-refractivity contribution >= 4 is 5.78 Å². The molecule has 0 aromatic heterocycles. The zero-order valence-electron chi connectivity index (χ0n) is 11.2. The van der Waals surface area contributed by atoms with Gasteiger partial charge in [0.25, 0.3) is 0 Å². The average Bonchev–Trinajstić information content (AvgIpc) is 2.08. The lowest BCUT2D eigenvalue weighted by Gasteiger charge is -2.32. The van der Waals surface area contributed by atoms with E-state index in [4.69, 9.17) is 0 Å². The van der Waals surface area contributed by atoms with Crippen molar-refractivity contribution in [3.05, 3.63) is 0 Å². The molecule has 1 N–H and O–H groups in total. The van der Waals surface area contributed by atoms with Gasteiger partial charge in [-0.05, 0) is 11.8 Å². The topological polar surface area (TPSA) is 29.1 Å². The van der Waals surface area contributed by atoms with Crippen molar-refractivity contribution in [2.45, 2.75) is 72.9 Å². The van der Waals surface area contributed by atoms with Crippen LogP contribution < -0.4 is 5.32 Å². The van der Waals surface area contributed by atoms with Gasteiger partial charge in [0.05, 0.1) is 6.04 Å². The van der Waals surface area contributed by atoms with Gasteiger partial charge in [-0.3, -0.25) is 4.79 Å². The van der Waals surface area contributed by atoms with Crippen molar-refractivity contribution in [2.75, 3.05) is 0 Å². The van der Waals surface area contributed by atoms with E-state index in [2.05, 4.69) is 46.9 Å². The van der Waals surface area contributed by atoms with E-state index in [1.165, 1.54) is 0 Å². The molecule has 0 aliphatic carbocycles. The molecule has 0 amide bonds. The molecule has 15 heavy (non-hydrogen) atoms. The molecule has 0 radical (unpaired) electrons. The second kappa shape index (κ2) is 6.26. The van der Waals surface area contributed by atoms with Crippen LogP contribution in [0.5, 0.6) is 0 Å². The number of rotatable bonds is 6. The molecule has 0 spiro atoms. The second-order valence-corrected chi connectivity index (χ2v) is 5.69. The van der Waals surface area contributed by atoms with Crippen molar-refractivity contribution in [2.24, 2.45) is 5.41 Å². The van der Waals surface area contributed by atoms with Crippen LogP contribution in [-0.2, 0) is 4.79 Å². The Labute approximate surface area is 94.8 Å². The minimum absolute atomic E-state index is 0.00902. The van der Waals surface area contributed by atoms with Crippen LogP contribution in [0.4, 0.5) is 0 Å². The number of ketones is 1. The number of hydrogen-bond donors (Lipinski definition) is 1. The van der Waals surface area contributed by atoms with Gasteiger partial charge < -0.3 is 5.32 Å². The summed E-state index contributed by atoms with van der Waals surface area (Å²) in [7, 11) is 0. The normalized spacial score (nSPS) is 14.3. The van der Waals surface area contributed by atoms with Crippen molar-refractivity contribution in [1.82, 2.24) is 5.32 Å². The fourth-order valence-electron chi connectivity index (χ4n) is 1.65. The summed E-state index contributed by atoms with van der Waals surface area (Å²) < 4.78 is 0. The van der Waals surface area contributed by atoms with Crippen molar-refractivity contribution in [1.29, 1.82) is 0 Å². The maximum Gasteiger partial charge on any atom is 0.150 e. The average molecular weight is 213 g/mol. The Hall–Kier alpha value is -0.370. The van der Waals surface area contributed by atoms with Gasteiger partial charge >= 0.3 is 0 Å². The van der Waals surface area contributed by atoms with Crippen LogP contribution in [0.25, 0.3) is 0 Å². The van der Waals surface area contributed by atoms with Gasteiger partial charge in [0.2, 0.25) is 0 Å². The summed E-state index contributed by atoms with van der Waals surface area (Å²) in [5.41, 5.74) is 0.00902. The lowest BCUT2D eigenvalue weighted by molar-refractivity contribution is -0.123. The summed E-state index contributed by atoms with van der Waals surface area (Å²) in [6.07, 6.45) is 2.80. The van der Waals surface area contributed by atoms with Gasteiger partial charge in [-0.25, -0.2) is 0 Å². The summed E-state index contributed by atoms with van der Waals surface area (Å²) in [4.78, 5) is 12.0. The lowest BCUT2D eigenvalue weighted by atomic mass is 9.82. The third-order valence-electron chi connectivity index (χ3n) is 2.46. The number of hydrogen-bond acceptors (Lipinski definition) is 2. The summed E-state index contributed by atoms with van der Waals surface area (Å²) in [6.45, 7) is 12.7. The Bertz CT molecular complexity index is 191. The third-order valence-corrected chi connectivity index (χ3v) is 2.46. The van der Waals surface area contributed by atoms with E-state index in [1.54, 1.807) is 0 Å². The summed E-state index contributed by atoms with van der Waals surface area (Å²) in [6, 6.07) is 0.351. The van der Waals surface area contributed by atoms with E-state index >= 15 is 0 Å². The number of nitrogens with one attached hydrogen (secondary N) is 1. The minimum Gasteiger partial charge on any atom is -0.305 e. The van der Waals surface area contributed by atoms with Gasteiger partial charge in [-0.2, -0.15) is 0 Å². The van der Waals surface area contributed by atoms with E-state index in [0.717, 1.165) is 12.8 Å². The van der Waals surface area contributed by atoms with Crippen LogP contribution in [0.1, 0.15) is 60.8 Å². The fourth-order valence-corrected chi connectivity index (χ4v) is 1.65. The molecule has 90 valence electrons. The van der Waals surface area contributed by atoms with Gasteiger partial charge in [0.1, 0.15) is 5.78 Å². The smallest absolute Gasteiger partial charge is 0.150 e. The zero-order valence-corrected chi connectivity index (χ0v) is 11.2. The Morgan fingerprint density at radius 2 is 1.80 bits per heavy atom. The second-order valence-electron chi connectivity index (χ2n) is 5.69. The first kappa shape index (κ1) is 14.6. The highest BCUT2D eigenvalue weighted by molar-refractivity contribution is 5.84. The number of unbranched alkanes of at least 4 members (excludes halogenated alkanes) is 1. The molecule has 0 aromatic carbocycles. The quantitative estimate of drug-likeness (QED) is 0.734. The highest BCUT2D eigenvalue weighted by Crippen LogP contribution is 2.22. The molecule has 0 aliphatic rings. The van der Waals surface area contributed by atoms with Crippen LogP contribution in [0.2, 0.25) is 0 Å². The summed E-state index contributed by atoms with van der Waals surface area (Å²) in [5.74, 6) is 0.359. The standard InChI is InChI=1S/C13H27NO/c1-7-8-9-11(15)12(13(4,5)6)14-10(2)3/h10,12,14H,7-9H2,1-6H3/t12-/m0/s1. The SMILES string of the molecule is CCCCC(=O)[C@H](NC(C)C)C(C)(C)C. The predicted molar refractivity (Wildman–Crippen MR) is 66.0 cm³/mol. The maximum absolute atomic E-state index is 12.0. The van der Waals surface area contributed by atoms with Crippen LogP contribution in [0.3, 0.4) is 0 Å². The summed E-state index contributed by atoms with van der Waals surface area (Å²) in [5, 5.41) is 3.38. The summed E-state index contributed by atoms with van der Waals surface area (Å²) >= 11 is 0. The molecular formula is C13H27NO. The highest BCUT2D eigenvalue weighted by Gasteiger charge is 2.30. The van der Waals surface area contributed by atoms with E-state index in [0.29, 0.717) is 18.2 Å². The molecule has 1 atom stereocenters. The fraction of sp³-hybridized carbons (Fsp3) is 0.923. The first-order valence-corrected chi connectivity index (χ1v) is 6.07. The molecule has 0 rings (SSSR count). The monoisotopic (exact) mass is 213 g/mol. The Morgan fingerprint density at radius 3 is 2.13 bits per heavy atom.